The van der Waals surface area contributed by atoms with E-state index in [-0.39, 0.29) is 6.09 Å². The van der Waals surface area contributed by atoms with Crippen LogP contribution in [0.15, 0.2) is 12.2 Å². The Morgan fingerprint density at radius 2 is 2.16 bits per heavy atom. The molecule has 0 spiro atoms. The molecule has 19 heavy (non-hydrogen) atoms. The topological polar surface area (TPSA) is 41.6 Å². The van der Waals surface area contributed by atoms with Crippen molar-refractivity contribution in [3.05, 3.63) is 12.2 Å². The quantitative estimate of drug-likeness (QED) is 0.797. The first-order valence-corrected chi connectivity index (χ1v) is 7.11. The van der Waals surface area contributed by atoms with Crippen molar-refractivity contribution >= 4 is 6.09 Å². The Morgan fingerprint density at radius 1 is 1.47 bits per heavy atom. The van der Waals surface area contributed by atoms with Crippen LogP contribution in [-0.4, -0.2) is 42.8 Å². The summed E-state index contributed by atoms with van der Waals surface area (Å²) in [5.41, 5.74) is 0.724. The third-order valence-corrected chi connectivity index (χ3v) is 3.03. The summed E-state index contributed by atoms with van der Waals surface area (Å²) in [6, 6.07) is 0. The van der Waals surface area contributed by atoms with E-state index in [4.69, 9.17) is 4.74 Å². The van der Waals surface area contributed by atoms with Gasteiger partial charge < -0.3 is 15.0 Å². The molecular formula is C15H28N2O2. The Balaban J connectivity index is 2.37. The summed E-state index contributed by atoms with van der Waals surface area (Å²) in [6.07, 6.45) is 2.04. The fourth-order valence-electron chi connectivity index (χ4n) is 2.21. The van der Waals surface area contributed by atoms with Crippen LogP contribution in [0.5, 0.6) is 0 Å². The molecule has 0 aromatic rings. The molecule has 0 bridgehead atoms. The third-order valence-electron chi connectivity index (χ3n) is 3.03. The minimum atomic E-state index is -0.414. The monoisotopic (exact) mass is 268 g/mol. The molecule has 1 saturated heterocycles. The van der Waals surface area contributed by atoms with E-state index in [0.29, 0.717) is 5.92 Å². The molecule has 1 amide bonds. The van der Waals surface area contributed by atoms with Crippen molar-refractivity contribution < 1.29 is 9.53 Å². The number of nitrogens with one attached hydrogen (secondary N) is 1. The molecule has 1 rings (SSSR count). The van der Waals surface area contributed by atoms with Gasteiger partial charge in [0.25, 0.3) is 0 Å². The molecule has 1 heterocycles. The van der Waals surface area contributed by atoms with Gasteiger partial charge in [-0.05, 0) is 53.0 Å². The SMILES string of the molecule is C=C(C)CNCC1CCCN(C(=O)OC(C)(C)C)C1. The number of carbonyl (C=O) groups is 1. The Morgan fingerprint density at radius 3 is 2.74 bits per heavy atom. The van der Waals surface area contributed by atoms with Gasteiger partial charge in [0.15, 0.2) is 0 Å². The van der Waals surface area contributed by atoms with Crippen LogP contribution in [0.1, 0.15) is 40.5 Å². The molecule has 0 saturated carbocycles. The number of nitrogens with zero attached hydrogens (tertiary/aromatic N) is 1. The van der Waals surface area contributed by atoms with E-state index in [0.717, 1.165) is 38.2 Å². The number of amides is 1. The summed E-state index contributed by atoms with van der Waals surface area (Å²) >= 11 is 0. The summed E-state index contributed by atoms with van der Waals surface area (Å²) in [5, 5.41) is 3.38. The lowest BCUT2D eigenvalue weighted by Crippen LogP contribution is -2.45. The molecule has 4 heteroatoms. The molecule has 1 fully saturated rings. The fraction of sp³-hybridized carbons (Fsp3) is 0.800. The second-order valence-corrected chi connectivity index (χ2v) is 6.52. The zero-order chi connectivity index (χ0) is 14.5. The van der Waals surface area contributed by atoms with Gasteiger partial charge in [-0.1, -0.05) is 12.2 Å². The van der Waals surface area contributed by atoms with Crippen molar-refractivity contribution in [3.8, 4) is 0 Å². The predicted molar refractivity (Wildman–Crippen MR) is 78.2 cm³/mol. The van der Waals surface area contributed by atoms with E-state index in [1.54, 1.807) is 0 Å². The molecule has 0 aliphatic carbocycles. The number of rotatable bonds is 4. The number of carbonyl (C=O) groups excluding carboxylic acids is 1. The van der Waals surface area contributed by atoms with Crippen molar-refractivity contribution in [2.75, 3.05) is 26.2 Å². The van der Waals surface area contributed by atoms with Crippen LogP contribution in [0, 0.1) is 5.92 Å². The van der Waals surface area contributed by atoms with Crippen LogP contribution >= 0.6 is 0 Å². The van der Waals surface area contributed by atoms with E-state index in [9.17, 15) is 4.79 Å². The predicted octanol–water partition coefficient (Wildman–Crippen LogP) is 2.80. The fourth-order valence-corrected chi connectivity index (χ4v) is 2.21. The van der Waals surface area contributed by atoms with Gasteiger partial charge in [-0.15, -0.1) is 0 Å². The lowest BCUT2D eigenvalue weighted by molar-refractivity contribution is 0.0167. The first-order valence-electron chi connectivity index (χ1n) is 7.11. The summed E-state index contributed by atoms with van der Waals surface area (Å²) in [6.45, 7) is 15.0. The first kappa shape index (κ1) is 16.0. The molecule has 0 aromatic heterocycles. The highest BCUT2D eigenvalue weighted by Gasteiger charge is 2.27. The molecule has 0 aromatic carbocycles. The second kappa shape index (κ2) is 6.94. The van der Waals surface area contributed by atoms with Crippen molar-refractivity contribution in [2.45, 2.75) is 46.1 Å². The van der Waals surface area contributed by atoms with E-state index < -0.39 is 5.60 Å². The minimum absolute atomic E-state index is 0.183. The van der Waals surface area contributed by atoms with Gasteiger partial charge in [0.1, 0.15) is 5.60 Å². The summed E-state index contributed by atoms with van der Waals surface area (Å²) in [4.78, 5) is 13.8. The highest BCUT2D eigenvalue weighted by molar-refractivity contribution is 5.68. The van der Waals surface area contributed by atoms with Crippen LogP contribution in [0.2, 0.25) is 0 Å². The van der Waals surface area contributed by atoms with Gasteiger partial charge in [0.2, 0.25) is 0 Å². The van der Waals surface area contributed by atoms with Crippen molar-refractivity contribution in [3.63, 3.8) is 0 Å². The number of piperidine rings is 1. The number of hydrogen-bond donors (Lipinski definition) is 1. The smallest absolute Gasteiger partial charge is 0.410 e. The average Bonchev–Trinajstić information content (AvgIpc) is 2.26. The van der Waals surface area contributed by atoms with Gasteiger partial charge >= 0.3 is 6.09 Å². The lowest BCUT2D eigenvalue weighted by atomic mass is 9.98. The largest absolute Gasteiger partial charge is 0.444 e. The van der Waals surface area contributed by atoms with Crippen LogP contribution in [0.25, 0.3) is 0 Å². The van der Waals surface area contributed by atoms with Crippen LogP contribution in [0.4, 0.5) is 4.79 Å². The minimum Gasteiger partial charge on any atom is -0.444 e. The molecule has 4 nitrogen and oxygen atoms in total. The Labute approximate surface area is 117 Å². The van der Waals surface area contributed by atoms with E-state index in [1.165, 1.54) is 6.42 Å². The molecule has 1 aliphatic heterocycles. The Kier molecular flexibility index (Phi) is 5.85. The lowest BCUT2D eigenvalue weighted by Gasteiger charge is -2.34. The van der Waals surface area contributed by atoms with Crippen LogP contribution in [-0.2, 0) is 4.74 Å². The first-order chi connectivity index (χ1) is 8.78. The van der Waals surface area contributed by atoms with Crippen LogP contribution in [0.3, 0.4) is 0 Å². The molecule has 1 N–H and O–H groups in total. The third kappa shape index (κ3) is 6.62. The van der Waals surface area contributed by atoms with E-state index in [2.05, 4.69) is 11.9 Å². The Hall–Kier alpha value is -1.03. The second-order valence-electron chi connectivity index (χ2n) is 6.52. The van der Waals surface area contributed by atoms with E-state index >= 15 is 0 Å². The molecule has 1 atom stereocenters. The number of likely N-dealkylation sites (tertiary alicyclic amines) is 1. The summed E-state index contributed by atoms with van der Waals surface area (Å²) < 4.78 is 5.42. The normalized spacial score (nSPS) is 20.2. The molecule has 0 radical (unpaired) electrons. The maximum atomic E-state index is 12.0. The molecule has 1 aliphatic rings. The maximum absolute atomic E-state index is 12.0. The zero-order valence-corrected chi connectivity index (χ0v) is 12.8. The van der Waals surface area contributed by atoms with Crippen molar-refractivity contribution in [1.82, 2.24) is 10.2 Å². The average molecular weight is 268 g/mol. The van der Waals surface area contributed by atoms with Crippen molar-refractivity contribution in [2.24, 2.45) is 5.92 Å². The highest BCUT2D eigenvalue weighted by atomic mass is 16.6. The Bertz CT molecular complexity index is 321. The number of hydrogen-bond acceptors (Lipinski definition) is 3. The molecule has 1 unspecified atom stereocenters. The summed E-state index contributed by atoms with van der Waals surface area (Å²) in [5.74, 6) is 0.514. The highest BCUT2D eigenvalue weighted by Crippen LogP contribution is 2.18. The van der Waals surface area contributed by atoms with Gasteiger partial charge in [0, 0.05) is 19.6 Å². The van der Waals surface area contributed by atoms with Gasteiger partial charge in [-0.25, -0.2) is 4.79 Å². The summed E-state index contributed by atoms with van der Waals surface area (Å²) in [7, 11) is 0. The van der Waals surface area contributed by atoms with Gasteiger partial charge in [-0.3, -0.25) is 0 Å². The molecule has 110 valence electrons. The standard InChI is InChI=1S/C15H28N2O2/c1-12(2)9-16-10-13-7-6-8-17(11-13)14(18)19-15(3,4)5/h13,16H,1,6-11H2,2-5H3. The van der Waals surface area contributed by atoms with Gasteiger partial charge in [0.05, 0.1) is 0 Å². The maximum Gasteiger partial charge on any atom is 0.410 e. The zero-order valence-electron chi connectivity index (χ0n) is 12.8. The van der Waals surface area contributed by atoms with Gasteiger partial charge in [-0.2, -0.15) is 0 Å². The van der Waals surface area contributed by atoms with Crippen LogP contribution < -0.4 is 5.32 Å². The van der Waals surface area contributed by atoms with E-state index in [1.807, 2.05) is 32.6 Å². The molecular weight excluding hydrogens is 240 g/mol. The van der Waals surface area contributed by atoms with Crippen molar-refractivity contribution in [1.29, 1.82) is 0 Å². The number of ether oxygens (including phenoxy) is 1.